The van der Waals surface area contributed by atoms with Crippen LogP contribution in [0.5, 0.6) is 5.75 Å². The number of ether oxygens (including phenoxy) is 1. The fourth-order valence-corrected chi connectivity index (χ4v) is 1.15. The minimum Gasteiger partial charge on any atom is -0.495 e. The first kappa shape index (κ1) is 7.59. The van der Waals surface area contributed by atoms with Gasteiger partial charge in [0.05, 0.1) is 7.11 Å². The first-order chi connectivity index (χ1) is 4.75. The zero-order valence-electron chi connectivity index (χ0n) is 5.35. The van der Waals surface area contributed by atoms with Crippen LogP contribution in [-0.2, 0) is 0 Å². The average molecular weight is 251 g/mol. The molecule has 1 N–H and O–H groups in total. The maximum Gasteiger partial charge on any atom is 0.265 e. The van der Waals surface area contributed by atoms with Gasteiger partial charge in [0.1, 0.15) is 9.32 Å². The van der Waals surface area contributed by atoms with Gasteiger partial charge in [0.2, 0.25) is 0 Å². The third-order valence-electron chi connectivity index (χ3n) is 1.08. The molecular formula is C6H6INO2. The highest BCUT2D eigenvalue weighted by Crippen LogP contribution is 2.13. The molecule has 1 heterocycles. The molecule has 0 bridgehead atoms. The van der Waals surface area contributed by atoms with E-state index >= 15 is 0 Å². The second-order valence-corrected chi connectivity index (χ2v) is 2.77. The Labute approximate surface area is 71.6 Å². The van der Waals surface area contributed by atoms with E-state index < -0.39 is 0 Å². The highest BCUT2D eigenvalue weighted by Gasteiger charge is 2.00. The van der Waals surface area contributed by atoms with E-state index in [0.717, 1.165) is 0 Å². The van der Waals surface area contributed by atoms with Crippen LogP contribution in [0.4, 0.5) is 0 Å². The summed E-state index contributed by atoms with van der Waals surface area (Å²) in [6, 6.07) is 1.71. The van der Waals surface area contributed by atoms with Crippen LogP contribution in [-0.4, -0.2) is 12.1 Å². The van der Waals surface area contributed by atoms with Gasteiger partial charge in [-0.3, -0.25) is 4.79 Å². The van der Waals surface area contributed by atoms with Crippen molar-refractivity contribution < 1.29 is 4.74 Å². The van der Waals surface area contributed by atoms with Gasteiger partial charge in [-0.1, -0.05) is 0 Å². The SMILES string of the molecule is COc1cc[nH]c(=O)c1I. The summed E-state index contributed by atoms with van der Waals surface area (Å²) in [5.74, 6) is 0.615. The highest BCUT2D eigenvalue weighted by molar-refractivity contribution is 14.1. The molecule has 1 aromatic rings. The largest absolute Gasteiger partial charge is 0.495 e. The zero-order valence-corrected chi connectivity index (χ0v) is 7.51. The zero-order chi connectivity index (χ0) is 7.56. The van der Waals surface area contributed by atoms with Crippen LogP contribution in [0.25, 0.3) is 0 Å². The first-order valence-corrected chi connectivity index (χ1v) is 3.74. The molecular weight excluding hydrogens is 245 g/mol. The Morgan fingerprint density at radius 3 is 2.90 bits per heavy atom. The highest BCUT2D eigenvalue weighted by atomic mass is 127. The predicted octanol–water partition coefficient (Wildman–Crippen LogP) is 0.988. The van der Waals surface area contributed by atoms with Crippen molar-refractivity contribution >= 4 is 22.6 Å². The number of methoxy groups -OCH3 is 1. The van der Waals surface area contributed by atoms with E-state index in [1.54, 1.807) is 12.3 Å². The molecule has 1 aromatic heterocycles. The van der Waals surface area contributed by atoms with Crippen LogP contribution in [0.3, 0.4) is 0 Å². The fraction of sp³-hybridized carbons (Fsp3) is 0.167. The van der Waals surface area contributed by atoms with Crippen LogP contribution >= 0.6 is 22.6 Å². The number of rotatable bonds is 1. The van der Waals surface area contributed by atoms with Crippen molar-refractivity contribution in [2.45, 2.75) is 0 Å². The molecule has 0 amide bonds. The van der Waals surface area contributed by atoms with Gasteiger partial charge in [0.25, 0.3) is 5.56 Å². The number of aromatic nitrogens is 1. The minimum atomic E-state index is -0.111. The summed E-state index contributed by atoms with van der Waals surface area (Å²) in [7, 11) is 1.54. The summed E-state index contributed by atoms with van der Waals surface area (Å²) in [5, 5.41) is 0. The third kappa shape index (κ3) is 1.31. The van der Waals surface area contributed by atoms with E-state index in [9.17, 15) is 4.79 Å². The Morgan fingerprint density at radius 1 is 1.70 bits per heavy atom. The molecule has 0 radical (unpaired) electrons. The number of halogens is 1. The Bertz CT molecular complexity index is 281. The summed E-state index contributed by atoms with van der Waals surface area (Å²) in [6.45, 7) is 0. The van der Waals surface area contributed by atoms with Crippen molar-refractivity contribution in [3.05, 3.63) is 26.2 Å². The molecule has 0 aliphatic heterocycles. The van der Waals surface area contributed by atoms with Gasteiger partial charge < -0.3 is 9.72 Å². The van der Waals surface area contributed by atoms with Crippen LogP contribution in [0, 0.1) is 3.57 Å². The summed E-state index contributed by atoms with van der Waals surface area (Å²) in [5.41, 5.74) is -0.111. The molecule has 4 heteroatoms. The number of H-pyrrole nitrogens is 1. The lowest BCUT2D eigenvalue weighted by Crippen LogP contribution is -2.09. The quantitative estimate of drug-likeness (QED) is 0.756. The van der Waals surface area contributed by atoms with Crippen molar-refractivity contribution in [1.29, 1.82) is 0 Å². The molecule has 0 aliphatic carbocycles. The van der Waals surface area contributed by atoms with Crippen molar-refractivity contribution in [3.63, 3.8) is 0 Å². The minimum absolute atomic E-state index is 0.111. The van der Waals surface area contributed by atoms with Crippen LogP contribution < -0.4 is 10.3 Å². The van der Waals surface area contributed by atoms with Gasteiger partial charge >= 0.3 is 0 Å². The maximum absolute atomic E-state index is 10.9. The van der Waals surface area contributed by atoms with Crippen LogP contribution in [0.15, 0.2) is 17.1 Å². The number of nitrogens with one attached hydrogen (secondary N) is 1. The second kappa shape index (κ2) is 3.05. The monoisotopic (exact) mass is 251 g/mol. The molecule has 0 aromatic carbocycles. The van der Waals surface area contributed by atoms with Crippen LogP contribution in [0.1, 0.15) is 0 Å². The summed E-state index contributed by atoms with van der Waals surface area (Å²) in [4.78, 5) is 13.4. The lowest BCUT2D eigenvalue weighted by atomic mass is 10.4. The standard InChI is InChI=1S/C6H6INO2/c1-10-4-2-3-8-6(9)5(4)7/h2-3H,1H3,(H,8,9). The Kier molecular flexibility index (Phi) is 2.31. The van der Waals surface area contributed by atoms with Crippen LogP contribution in [0.2, 0.25) is 0 Å². The van der Waals surface area contributed by atoms with E-state index in [1.807, 2.05) is 22.6 Å². The Balaban J connectivity index is 3.28. The van der Waals surface area contributed by atoms with Gasteiger partial charge in [0.15, 0.2) is 0 Å². The second-order valence-electron chi connectivity index (χ2n) is 1.69. The van der Waals surface area contributed by atoms with E-state index in [-0.39, 0.29) is 5.56 Å². The first-order valence-electron chi connectivity index (χ1n) is 2.67. The molecule has 0 spiro atoms. The smallest absolute Gasteiger partial charge is 0.265 e. The van der Waals surface area contributed by atoms with Gasteiger partial charge in [0, 0.05) is 6.20 Å². The lowest BCUT2D eigenvalue weighted by Gasteiger charge is -1.98. The Hall–Kier alpha value is -0.520. The van der Waals surface area contributed by atoms with E-state index in [0.29, 0.717) is 9.32 Å². The molecule has 0 atom stereocenters. The molecule has 0 unspecified atom stereocenters. The Morgan fingerprint density at radius 2 is 2.40 bits per heavy atom. The van der Waals surface area contributed by atoms with E-state index in [1.165, 1.54) is 7.11 Å². The van der Waals surface area contributed by atoms with Gasteiger partial charge in [-0.25, -0.2) is 0 Å². The number of hydrogen-bond acceptors (Lipinski definition) is 2. The summed E-state index contributed by atoms with van der Waals surface area (Å²) in [6.07, 6.45) is 1.56. The number of aromatic amines is 1. The molecule has 0 fully saturated rings. The third-order valence-corrected chi connectivity index (χ3v) is 2.11. The van der Waals surface area contributed by atoms with Gasteiger partial charge in [-0.2, -0.15) is 0 Å². The lowest BCUT2D eigenvalue weighted by molar-refractivity contribution is 0.410. The molecule has 54 valence electrons. The maximum atomic E-state index is 10.9. The molecule has 1 rings (SSSR count). The summed E-state index contributed by atoms with van der Waals surface area (Å²) < 4.78 is 5.48. The molecule has 10 heavy (non-hydrogen) atoms. The fourth-order valence-electron chi connectivity index (χ4n) is 0.599. The van der Waals surface area contributed by atoms with Gasteiger partial charge in [-0.15, -0.1) is 0 Å². The topological polar surface area (TPSA) is 42.1 Å². The van der Waals surface area contributed by atoms with E-state index in [2.05, 4.69) is 4.98 Å². The van der Waals surface area contributed by atoms with Gasteiger partial charge in [-0.05, 0) is 28.7 Å². The van der Waals surface area contributed by atoms with E-state index in [4.69, 9.17) is 4.74 Å². The van der Waals surface area contributed by atoms with Crippen molar-refractivity contribution in [2.24, 2.45) is 0 Å². The normalized spacial score (nSPS) is 9.40. The van der Waals surface area contributed by atoms with Crippen molar-refractivity contribution in [2.75, 3.05) is 7.11 Å². The average Bonchev–Trinajstić information content (AvgIpc) is 1.95. The number of hydrogen-bond donors (Lipinski definition) is 1. The van der Waals surface area contributed by atoms with Crippen molar-refractivity contribution in [1.82, 2.24) is 4.98 Å². The number of pyridine rings is 1. The molecule has 0 aliphatic rings. The molecule has 3 nitrogen and oxygen atoms in total. The molecule has 0 saturated carbocycles. The summed E-state index contributed by atoms with van der Waals surface area (Å²) >= 11 is 1.94. The molecule has 0 saturated heterocycles. The predicted molar refractivity (Wildman–Crippen MR) is 46.3 cm³/mol. The van der Waals surface area contributed by atoms with Crippen molar-refractivity contribution in [3.8, 4) is 5.75 Å².